The standard InChI is InChI=1S/C8H16N2O.CH3Cl/c1-7(5-4-6-9)8(11)10(2)3;1-2/h5H,4,6,9H2,1-3H3;1H3. The molecule has 0 aliphatic heterocycles. The van der Waals surface area contributed by atoms with Gasteiger partial charge in [0.05, 0.1) is 0 Å². The lowest BCUT2D eigenvalue weighted by Gasteiger charge is -2.09. The van der Waals surface area contributed by atoms with Crippen molar-refractivity contribution in [2.24, 2.45) is 5.73 Å². The van der Waals surface area contributed by atoms with E-state index in [1.807, 2.05) is 6.08 Å². The van der Waals surface area contributed by atoms with Crippen LogP contribution in [0.25, 0.3) is 0 Å². The highest BCUT2D eigenvalue weighted by Gasteiger charge is 2.04. The number of alkyl halides is 1. The van der Waals surface area contributed by atoms with E-state index in [4.69, 9.17) is 5.73 Å². The van der Waals surface area contributed by atoms with E-state index in [0.29, 0.717) is 6.54 Å². The molecule has 2 N–H and O–H groups in total. The van der Waals surface area contributed by atoms with E-state index in [1.165, 1.54) is 6.38 Å². The van der Waals surface area contributed by atoms with E-state index in [2.05, 4.69) is 11.6 Å². The average Bonchev–Trinajstić information content (AvgIpc) is 2.16. The molecule has 0 aliphatic rings. The lowest BCUT2D eigenvalue weighted by Crippen LogP contribution is -2.22. The molecule has 0 rings (SSSR count). The summed E-state index contributed by atoms with van der Waals surface area (Å²) in [5.41, 5.74) is 6.05. The van der Waals surface area contributed by atoms with Gasteiger partial charge in [-0.05, 0) is 19.9 Å². The molecule has 4 heteroatoms. The Balaban J connectivity index is 0. The van der Waals surface area contributed by atoms with E-state index >= 15 is 0 Å². The minimum absolute atomic E-state index is 0.0541. The molecule has 3 nitrogen and oxygen atoms in total. The van der Waals surface area contributed by atoms with E-state index in [1.54, 1.807) is 25.9 Å². The Kier molecular flexibility index (Phi) is 11.0. The fourth-order valence-electron chi connectivity index (χ4n) is 0.740. The molecule has 0 radical (unpaired) electrons. The maximum absolute atomic E-state index is 11.2. The maximum atomic E-state index is 11.2. The van der Waals surface area contributed by atoms with Crippen LogP contribution in [0.15, 0.2) is 11.6 Å². The summed E-state index contributed by atoms with van der Waals surface area (Å²) in [6, 6.07) is 0. The van der Waals surface area contributed by atoms with E-state index < -0.39 is 0 Å². The highest BCUT2D eigenvalue weighted by molar-refractivity contribution is 6.15. The van der Waals surface area contributed by atoms with Gasteiger partial charge >= 0.3 is 0 Å². The summed E-state index contributed by atoms with van der Waals surface area (Å²) in [7, 11) is 3.48. The summed E-state index contributed by atoms with van der Waals surface area (Å²) in [5, 5.41) is 0. The van der Waals surface area contributed by atoms with Gasteiger partial charge in [0.1, 0.15) is 0 Å². The number of carbonyl (C=O) groups is 1. The smallest absolute Gasteiger partial charge is 0.248 e. The summed E-state index contributed by atoms with van der Waals surface area (Å²) in [5.74, 6) is 0.0541. The summed E-state index contributed by atoms with van der Waals surface area (Å²) < 4.78 is 0. The first kappa shape index (κ1) is 15.0. The molecular formula is C9H19ClN2O. The van der Waals surface area contributed by atoms with Crippen molar-refractivity contribution in [3.8, 4) is 0 Å². The zero-order chi connectivity index (χ0) is 10.9. The Morgan fingerprint density at radius 1 is 1.46 bits per heavy atom. The molecule has 0 atom stereocenters. The first-order valence-corrected chi connectivity index (χ1v) is 4.81. The third-order valence-corrected chi connectivity index (χ3v) is 1.36. The van der Waals surface area contributed by atoms with Gasteiger partial charge in [-0.3, -0.25) is 4.79 Å². The summed E-state index contributed by atoms with van der Waals surface area (Å²) in [4.78, 5) is 12.7. The second kappa shape index (κ2) is 9.55. The Hall–Kier alpha value is -0.540. The first-order valence-electron chi connectivity index (χ1n) is 4.06. The minimum Gasteiger partial charge on any atom is -0.345 e. The van der Waals surface area contributed by atoms with Gasteiger partial charge in [0.25, 0.3) is 0 Å². The lowest BCUT2D eigenvalue weighted by molar-refractivity contribution is -0.124. The molecule has 0 aromatic carbocycles. The largest absolute Gasteiger partial charge is 0.345 e. The maximum Gasteiger partial charge on any atom is 0.248 e. The predicted octanol–water partition coefficient (Wildman–Crippen LogP) is 1.22. The van der Waals surface area contributed by atoms with Crippen LogP contribution in [-0.2, 0) is 4.79 Å². The highest BCUT2D eigenvalue weighted by atomic mass is 35.5. The predicted molar refractivity (Wildman–Crippen MR) is 57.9 cm³/mol. The fraction of sp³-hybridized carbons (Fsp3) is 0.667. The highest BCUT2D eigenvalue weighted by Crippen LogP contribution is 1.97. The molecule has 0 bridgehead atoms. The molecule has 1 amide bonds. The number of rotatable bonds is 3. The molecule has 0 saturated heterocycles. The van der Waals surface area contributed by atoms with Crippen LogP contribution in [0, 0.1) is 0 Å². The minimum atomic E-state index is 0.0541. The Labute approximate surface area is 85.5 Å². The Morgan fingerprint density at radius 2 is 1.92 bits per heavy atom. The van der Waals surface area contributed by atoms with Gasteiger partial charge in [-0.15, -0.1) is 11.6 Å². The van der Waals surface area contributed by atoms with E-state index in [0.717, 1.165) is 12.0 Å². The molecular weight excluding hydrogens is 188 g/mol. The number of likely N-dealkylation sites (N-methyl/N-ethyl adjacent to an activating group) is 1. The zero-order valence-corrected chi connectivity index (χ0v) is 9.56. The van der Waals surface area contributed by atoms with Crippen molar-refractivity contribution in [1.29, 1.82) is 0 Å². The van der Waals surface area contributed by atoms with Crippen LogP contribution in [-0.4, -0.2) is 37.8 Å². The lowest BCUT2D eigenvalue weighted by atomic mass is 10.2. The van der Waals surface area contributed by atoms with Crippen LogP contribution in [0.4, 0.5) is 0 Å². The second-order valence-electron chi connectivity index (χ2n) is 2.66. The molecule has 0 spiro atoms. The molecule has 0 unspecified atom stereocenters. The van der Waals surface area contributed by atoms with E-state index in [9.17, 15) is 4.79 Å². The number of hydrogen-bond donors (Lipinski definition) is 1. The summed E-state index contributed by atoms with van der Waals surface area (Å²) in [6.07, 6.45) is 4.10. The van der Waals surface area contributed by atoms with Crippen molar-refractivity contribution in [2.75, 3.05) is 27.0 Å². The normalized spacial score (nSPS) is 10.2. The molecule has 0 aliphatic carbocycles. The van der Waals surface area contributed by atoms with Gasteiger partial charge in [0, 0.05) is 26.1 Å². The van der Waals surface area contributed by atoms with Crippen molar-refractivity contribution < 1.29 is 4.79 Å². The Bertz CT molecular complexity index is 167. The number of halogens is 1. The molecule has 0 heterocycles. The molecule has 78 valence electrons. The van der Waals surface area contributed by atoms with Gasteiger partial charge in [0.2, 0.25) is 5.91 Å². The number of hydrogen-bond acceptors (Lipinski definition) is 2. The van der Waals surface area contributed by atoms with Crippen molar-refractivity contribution >= 4 is 17.5 Å². The average molecular weight is 207 g/mol. The second-order valence-corrected chi connectivity index (χ2v) is 2.66. The van der Waals surface area contributed by atoms with Crippen molar-refractivity contribution in [1.82, 2.24) is 4.90 Å². The van der Waals surface area contributed by atoms with Gasteiger partial charge in [-0.2, -0.15) is 0 Å². The quantitative estimate of drug-likeness (QED) is 0.558. The Morgan fingerprint density at radius 3 is 2.23 bits per heavy atom. The van der Waals surface area contributed by atoms with Crippen LogP contribution < -0.4 is 5.73 Å². The third-order valence-electron chi connectivity index (χ3n) is 1.36. The number of amides is 1. The topological polar surface area (TPSA) is 46.3 Å². The van der Waals surface area contributed by atoms with Gasteiger partial charge in [-0.1, -0.05) is 6.08 Å². The molecule has 0 aromatic rings. The van der Waals surface area contributed by atoms with Crippen LogP contribution in [0.1, 0.15) is 13.3 Å². The SMILES string of the molecule is CC(=CCCN)C(=O)N(C)C.CCl. The van der Waals surface area contributed by atoms with Crippen LogP contribution >= 0.6 is 11.6 Å². The number of nitrogens with zero attached hydrogens (tertiary/aromatic N) is 1. The third kappa shape index (κ3) is 7.81. The first-order chi connectivity index (χ1) is 6.09. The summed E-state index contributed by atoms with van der Waals surface area (Å²) >= 11 is 4.64. The number of carbonyl (C=O) groups excluding carboxylic acids is 1. The molecule has 0 saturated carbocycles. The van der Waals surface area contributed by atoms with Crippen LogP contribution in [0.3, 0.4) is 0 Å². The van der Waals surface area contributed by atoms with Crippen molar-refractivity contribution in [3.05, 3.63) is 11.6 Å². The summed E-state index contributed by atoms with van der Waals surface area (Å²) in [6.45, 7) is 2.40. The molecule has 0 aromatic heterocycles. The zero-order valence-electron chi connectivity index (χ0n) is 8.80. The van der Waals surface area contributed by atoms with Crippen LogP contribution in [0.2, 0.25) is 0 Å². The monoisotopic (exact) mass is 206 g/mol. The molecule has 0 fully saturated rings. The van der Waals surface area contributed by atoms with Crippen LogP contribution in [0.5, 0.6) is 0 Å². The van der Waals surface area contributed by atoms with Gasteiger partial charge < -0.3 is 10.6 Å². The fourth-order valence-corrected chi connectivity index (χ4v) is 0.740. The number of nitrogens with two attached hydrogens (primary N) is 1. The van der Waals surface area contributed by atoms with Crippen molar-refractivity contribution in [2.45, 2.75) is 13.3 Å². The van der Waals surface area contributed by atoms with Gasteiger partial charge in [0.15, 0.2) is 0 Å². The molecule has 13 heavy (non-hydrogen) atoms. The van der Waals surface area contributed by atoms with Crippen molar-refractivity contribution in [3.63, 3.8) is 0 Å². The van der Waals surface area contributed by atoms with E-state index in [-0.39, 0.29) is 5.91 Å². The van der Waals surface area contributed by atoms with Gasteiger partial charge in [-0.25, -0.2) is 0 Å².